The zero-order chi connectivity index (χ0) is 11.5. The van der Waals surface area contributed by atoms with Gasteiger partial charge in [0, 0.05) is 6.04 Å². The van der Waals surface area contributed by atoms with Crippen LogP contribution < -0.4 is 5.32 Å². The first kappa shape index (κ1) is 12.0. The highest BCUT2D eigenvalue weighted by molar-refractivity contribution is 6.30. The average Bonchev–Trinajstić information content (AvgIpc) is 2.05. The van der Waals surface area contributed by atoms with Crippen LogP contribution in [0.2, 0.25) is 5.02 Å². The van der Waals surface area contributed by atoms with Gasteiger partial charge in [-0.15, -0.1) is 0 Å². The molecule has 0 aliphatic carbocycles. The first-order valence-corrected chi connectivity index (χ1v) is 4.55. The molecule has 0 aliphatic rings. The number of hydrogen-bond acceptors (Lipinski definition) is 3. The first-order chi connectivity index (χ1) is 6.87. The molecular formula is C8H9ClF3N3. The summed E-state index contributed by atoms with van der Waals surface area (Å²) in [6, 6.07) is -0.772. The second kappa shape index (κ2) is 4.65. The van der Waals surface area contributed by atoms with Crippen LogP contribution in [-0.4, -0.2) is 22.2 Å². The molecule has 1 unspecified atom stereocenters. The molecule has 3 nitrogen and oxygen atoms in total. The molecule has 0 aliphatic heterocycles. The summed E-state index contributed by atoms with van der Waals surface area (Å²) in [5, 5.41) is 2.86. The molecular weight excluding hydrogens is 231 g/mol. The van der Waals surface area contributed by atoms with E-state index in [4.69, 9.17) is 11.6 Å². The van der Waals surface area contributed by atoms with E-state index in [-0.39, 0.29) is 5.95 Å². The highest BCUT2D eigenvalue weighted by atomic mass is 35.5. The summed E-state index contributed by atoms with van der Waals surface area (Å²) in [5.74, 6) is 0.135. The van der Waals surface area contributed by atoms with Crippen molar-refractivity contribution in [1.29, 1.82) is 0 Å². The molecule has 0 bridgehead atoms. The van der Waals surface area contributed by atoms with Gasteiger partial charge in [0.2, 0.25) is 5.95 Å². The van der Waals surface area contributed by atoms with Crippen LogP contribution in [0, 0.1) is 0 Å². The Morgan fingerprint density at radius 3 is 2.40 bits per heavy atom. The van der Waals surface area contributed by atoms with Crippen molar-refractivity contribution in [3.8, 4) is 0 Å². The molecule has 0 aromatic carbocycles. The Morgan fingerprint density at radius 1 is 1.40 bits per heavy atom. The number of hydrogen-bond donors (Lipinski definition) is 1. The lowest BCUT2D eigenvalue weighted by Gasteiger charge is -2.15. The molecule has 0 radical (unpaired) electrons. The van der Waals surface area contributed by atoms with Gasteiger partial charge in [-0.2, -0.15) is 13.2 Å². The minimum Gasteiger partial charge on any atom is -0.351 e. The third-order valence-corrected chi connectivity index (χ3v) is 1.73. The zero-order valence-corrected chi connectivity index (χ0v) is 8.60. The van der Waals surface area contributed by atoms with Gasteiger partial charge in [-0.25, -0.2) is 9.97 Å². The van der Waals surface area contributed by atoms with Crippen molar-refractivity contribution in [1.82, 2.24) is 9.97 Å². The lowest BCUT2D eigenvalue weighted by molar-refractivity contribution is -0.136. The number of aromatic nitrogens is 2. The minimum atomic E-state index is -4.20. The fourth-order valence-corrected chi connectivity index (χ4v) is 1.10. The molecule has 0 saturated heterocycles. The average molecular weight is 240 g/mol. The van der Waals surface area contributed by atoms with Gasteiger partial charge in [0.15, 0.2) is 0 Å². The van der Waals surface area contributed by atoms with Crippen LogP contribution in [-0.2, 0) is 0 Å². The second-order valence-electron chi connectivity index (χ2n) is 3.09. The van der Waals surface area contributed by atoms with Crippen LogP contribution in [0.1, 0.15) is 13.3 Å². The third-order valence-electron chi connectivity index (χ3n) is 1.53. The van der Waals surface area contributed by atoms with Gasteiger partial charge in [0.25, 0.3) is 0 Å². The number of rotatable bonds is 3. The Morgan fingerprint density at radius 2 is 1.93 bits per heavy atom. The topological polar surface area (TPSA) is 37.8 Å². The predicted molar refractivity (Wildman–Crippen MR) is 50.8 cm³/mol. The summed E-state index contributed by atoms with van der Waals surface area (Å²) in [4.78, 5) is 7.45. The molecule has 0 fully saturated rings. The fraction of sp³-hybridized carbons (Fsp3) is 0.500. The van der Waals surface area contributed by atoms with Gasteiger partial charge in [0.1, 0.15) is 0 Å². The quantitative estimate of drug-likeness (QED) is 0.881. The van der Waals surface area contributed by atoms with E-state index in [2.05, 4.69) is 15.3 Å². The smallest absolute Gasteiger partial charge is 0.351 e. The second-order valence-corrected chi connectivity index (χ2v) is 3.53. The van der Waals surface area contributed by atoms with Crippen LogP contribution in [0.4, 0.5) is 19.1 Å². The van der Waals surface area contributed by atoms with E-state index >= 15 is 0 Å². The summed E-state index contributed by atoms with van der Waals surface area (Å²) in [6.07, 6.45) is -2.49. The van der Waals surface area contributed by atoms with Gasteiger partial charge in [-0.05, 0) is 6.92 Å². The van der Waals surface area contributed by atoms with Crippen molar-refractivity contribution in [2.45, 2.75) is 25.6 Å². The fourth-order valence-electron chi connectivity index (χ4n) is 1.01. The molecule has 84 valence electrons. The first-order valence-electron chi connectivity index (χ1n) is 4.17. The van der Waals surface area contributed by atoms with E-state index in [1.807, 2.05) is 0 Å². The van der Waals surface area contributed by atoms with Crippen molar-refractivity contribution in [3.63, 3.8) is 0 Å². The molecule has 1 aromatic heterocycles. The summed E-state index contributed by atoms with van der Waals surface area (Å²) < 4.78 is 35.9. The van der Waals surface area contributed by atoms with Crippen LogP contribution in [0.3, 0.4) is 0 Å². The molecule has 1 aromatic rings. The Labute approximate surface area is 89.7 Å². The zero-order valence-electron chi connectivity index (χ0n) is 7.85. The van der Waals surface area contributed by atoms with E-state index in [0.717, 1.165) is 0 Å². The molecule has 0 spiro atoms. The number of anilines is 1. The minimum absolute atomic E-state index is 0.135. The molecule has 1 heterocycles. The molecule has 0 amide bonds. The largest absolute Gasteiger partial charge is 0.391 e. The van der Waals surface area contributed by atoms with E-state index in [1.54, 1.807) is 0 Å². The van der Waals surface area contributed by atoms with Crippen LogP contribution in [0.25, 0.3) is 0 Å². The number of nitrogens with one attached hydrogen (secondary N) is 1. The maximum Gasteiger partial charge on any atom is 0.391 e. The highest BCUT2D eigenvalue weighted by Crippen LogP contribution is 2.22. The van der Waals surface area contributed by atoms with Crippen LogP contribution in [0.5, 0.6) is 0 Å². The van der Waals surface area contributed by atoms with Gasteiger partial charge >= 0.3 is 6.18 Å². The standard InChI is InChI=1S/C8H9ClF3N3/c1-5(2-8(10,11)12)15-7-13-3-6(9)4-14-7/h3-5H,2H2,1H3,(H,13,14,15). The molecule has 1 N–H and O–H groups in total. The Balaban J connectivity index is 2.51. The normalized spacial score (nSPS) is 13.7. The summed E-state index contributed by atoms with van der Waals surface area (Å²) in [6.45, 7) is 1.41. The lowest BCUT2D eigenvalue weighted by Crippen LogP contribution is -2.24. The third kappa shape index (κ3) is 4.83. The van der Waals surface area contributed by atoms with E-state index < -0.39 is 18.6 Å². The summed E-state index contributed by atoms with van der Waals surface area (Å²) in [7, 11) is 0. The maximum atomic E-state index is 12.0. The Bertz CT molecular complexity index is 312. The van der Waals surface area contributed by atoms with Crippen molar-refractivity contribution >= 4 is 17.5 Å². The molecule has 1 rings (SSSR count). The van der Waals surface area contributed by atoms with E-state index in [9.17, 15) is 13.2 Å². The van der Waals surface area contributed by atoms with E-state index in [1.165, 1.54) is 19.3 Å². The summed E-state index contributed by atoms with van der Waals surface area (Å²) in [5.41, 5.74) is 0. The molecule has 1 atom stereocenters. The Kier molecular flexibility index (Phi) is 3.73. The van der Waals surface area contributed by atoms with Crippen molar-refractivity contribution in [2.75, 3.05) is 5.32 Å². The summed E-state index contributed by atoms with van der Waals surface area (Å²) >= 11 is 5.52. The van der Waals surface area contributed by atoms with Crippen LogP contribution >= 0.6 is 11.6 Å². The maximum absolute atomic E-state index is 12.0. The molecule has 0 saturated carbocycles. The van der Waals surface area contributed by atoms with Crippen LogP contribution in [0.15, 0.2) is 12.4 Å². The highest BCUT2D eigenvalue weighted by Gasteiger charge is 2.30. The Hall–Kier alpha value is -1.04. The number of nitrogens with zero attached hydrogens (tertiary/aromatic N) is 2. The van der Waals surface area contributed by atoms with E-state index in [0.29, 0.717) is 5.02 Å². The van der Waals surface area contributed by atoms with Crippen molar-refractivity contribution in [3.05, 3.63) is 17.4 Å². The van der Waals surface area contributed by atoms with Gasteiger partial charge in [-0.3, -0.25) is 0 Å². The van der Waals surface area contributed by atoms with Gasteiger partial charge in [0.05, 0.1) is 23.8 Å². The number of halogens is 4. The van der Waals surface area contributed by atoms with Crippen molar-refractivity contribution in [2.24, 2.45) is 0 Å². The SMILES string of the molecule is CC(CC(F)(F)F)Nc1ncc(Cl)cn1. The van der Waals surface area contributed by atoms with Gasteiger partial charge < -0.3 is 5.32 Å². The number of alkyl halides is 3. The lowest BCUT2D eigenvalue weighted by atomic mass is 10.2. The van der Waals surface area contributed by atoms with Gasteiger partial charge in [-0.1, -0.05) is 11.6 Å². The monoisotopic (exact) mass is 239 g/mol. The molecule has 7 heteroatoms. The molecule has 15 heavy (non-hydrogen) atoms. The predicted octanol–water partition coefficient (Wildman–Crippen LogP) is 2.88. The van der Waals surface area contributed by atoms with Crippen molar-refractivity contribution < 1.29 is 13.2 Å².